The van der Waals surface area contributed by atoms with Gasteiger partial charge >= 0.3 is 0 Å². The fourth-order valence-corrected chi connectivity index (χ4v) is 3.78. The van der Waals surface area contributed by atoms with Crippen LogP contribution in [-0.4, -0.2) is 67.9 Å². The lowest BCUT2D eigenvalue weighted by Gasteiger charge is -2.31. The molecule has 0 unspecified atom stereocenters. The van der Waals surface area contributed by atoms with E-state index in [1.54, 1.807) is 4.90 Å². The Kier molecular flexibility index (Phi) is 4.88. The van der Waals surface area contributed by atoms with E-state index in [1.807, 2.05) is 6.92 Å². The number of nitrogens with zero attached hydrogens (tertiary/aromatic N) is 2. The summed E-state index contributed by atoms with van der Waals surface area (Å²) in [6.45, 7) is 3.90. The smallest absolute Gasteiger partial charge is 0.225 e. The van der Waals surface area contributed by atoms with Gasteiger partial charge in [0.05, 0.1) is 12.2 Å². The van der Waals surface area contributed by atoms with E-state index >= 15 is 0 Å². The lowest BCUT2D eigenvalue weighted by Crippen LogP contribution is -2.47. The van der Waals surface area contributed by atoms with Crippen LogP contribution in [0.15, 0.2) is 0 Å². The van der Waals surface area contributed by atoms with Crippen LogP contribution in [0.2, 0.25) is 0 Å². The predicted molar refractivity (Wildman–Crippen MR) is 77.9 cm³/mol. The van der Waals surface area contributed by atoms with Crippen LogP contribution in [0.1, 0.15) is 26.2 Å². The summed E-state index contributed by atoms with van der Waals surface area (Å²) >= 11 is 0. The molecule has 2 saturated heterocycles. The number of piperidine rings is 1. The van der Waals surface area contributed by atoms with Gasteiger partial charge in [-0.25, -0.2) is 12.7 Å². The van der Waals surface area contributed by atoms with Gasteiger partial charge < -0.3 is 10.2 Å². The average Bonchev–Trinajstić information content (AvgIpc) is 2.79. The van der Waals surface area contributed by atoms with Gasteiger partial charge in [-0.05, 0) is 19.8 Å². The van der Waals surface area contributed by atoms with Crippen molar-refractivity contribution in [2.75, 3.05) is 32.4 Å². The fraction of sp³-hybridized carbons (Fsp3) is 0.846. The molecule has 0 radical (unpaired) electrons. The third kappa shape index (κ3) is 3.94. The Hall–Kier alpha value is -1.15. The molecule has 0 spiro atoms. The Morgan fingerprint density at radius 1 is 1.33 bits per heavy atom. The van der Waals surface area contributed by atoms with E-state index in [2.05, 4.69) is 5.32 Å². The molecule has 7 nitrogen and oxygen atoms in total. The molecule has 1 N–H and O–H groups in total. The summed E-state index contributed by atoms with van der Waals surface area (Å²) in [7, 11) is -3.14. The van der Waals surface area contributed by atoms with E-state index < -0.39 is 10.0 Å². The first kappa shape index (κ1) is 16.2. The van der Waals surface area contributed by atoms with Crippen molar-refractivity contribution >= 4 is 21.8 Å². The molecule has 2 aliphatic heterocycles. The largest absolute Gasteiger partial charge is 0.353 e. The second kappa shape index (κ2) is 6.31. The third-order valence-corrected chi connectivity index (χ3v) is 5.54. The van der Waals surface area contributed by atoms with Gasteiger partial charge in [-0.1, -0.05) is 0 Å². The molecule has 2 fully saturated rings. The summed E-state index contributed by atoms with van der Waals surface area (Å²) in [5, 5.41) is 2.96. The molecule has 0 aromatic carbocycles. The lowest BCUT2D eigenvalue weighted by molar-refractivity contribution is -0.129. The number of amides is 2. The normalized spacial score (nSPS) is 25.3. The van der Waals surface area contributed by atoms with Crippen molar-refractivity contribution in [3.63, 3.8) is 0 Å². The molecule has 21 heavy (non-hydrogen) atoms. The van der Waals surface area contributed by atoms with Crippen LogP contribution in [0.3, 0.4) is 0 Å². The van der Waals surface area contributed by atoms with Crippen LogP contribution < -0.4 is 5.32 Å². The number of likely N-dealkylation sites (tertiary alicyclic amines) is 1. The molecule has 8 heteroatoms. The van der Waals surface area contributed by atoms with E-state index in [-0.39, 0.29) is 30.2 Å². The average molecular weight is 317 g/mol. The zero-order valence-corrected chi connectivity index (χ0v) is 13.4. The van der Waals surface area contributed by atoms with E-state index in [0.717, 1.165) is 0 Å². The highest BCUT2D eigenvalue weighted by molar-refractivity contribution is 7.88. The molecule has 0 bridgehead atoms. The van der Waals surface area contributed by atoms with Gasteiger partial charge in [-0.2, -0.15) is 0 Å². The fourth-order valence-electron chi connectivity index (χ4n) is 2.90. The number of nitrogens with one attached hydrogen (secondary N) is 1. The summed E-state index contributed by atoms with van der Waals surface area (Å²) in [6.07, 6.45) is 2.73. The first-order chi connectivity index (χ1) is 9.81. The maximum absolute atomic E-state index is 12.2. The Labute approximate surface area is 125 Å². The van der Waals surface area contributed by atoms with Crippen LogP contribution >= 0.6 is 0 Å². The summed E-state index contributed by atoms with van der Waals surface area (Å²) in [5.41, 5.74) is 0. The summed E-state index contributed by atoms with van der Waals surface area (Å²) in [6, 6.07) is 0.00118. The van der Waals surface area contributed by atoms with Gasteiger partial charge in [0.15, 0.2) is 0 Å². The number of carbonyl (C=O) groups excluding carboxylic acids is 2. The Bertz CT molecular complexity index is 512. The van der Waals surface area contributed by atoms with Gasteiger partial charge in [0.25, 0.3) is 0 Å². The van der Waals surface area contributed by atoms with Crippen molar-refractivity contribution in [3.8, 4) is 0 Å². The quantitative estimate of drug-likeness (QED) is 0.750. The first-order valence-electron chi connectivity index (χ1n) is 7.34. The zero-order chi connectivity index (χ0) is 15.6. The minimum Gasteiger partial charge on any atom is -0.353 e. The molecule has 0 aliphatic carbocycles. The van der Waals surface area contributed by atoms with Gasteiger partial charge in [-0.3, -0.25) is 9.59 Å². The molecule has 0 aromatic rings. The van der Waals surface area contributed by atoms with Gasteiger partial charge in [0, 0.05) is 38.6 Å². The monoisotopic (exact) mass is 317 g/mol. The highest BCUT2D eigenvalue weighted by atomic mass is 32.2. The third-order valence-electron chi connectivity index (χ3n) is 4.24. The number of rotatable bonds is 4. The maximum atomic E-state index is 12.2. The second-order valence-electron chi connectivity index (χ2n) is 5.78. The molecule has 2 amide bonds. The van der Waals surface area contributed by atoms with Gasteiger partial charge in [-0.15, -0.1) is 0 Å². The van der Waals surface area contributed by atoms with Crippen molar-refractivity contribution in [1.29, 1.82) is 0 Å². The van der Waals surface area contributed by atoms with Crippen LogP contribution in [-0.2, 0) is 19.6 Å². The van der Waals surface area contributed by atoms with Crippen LogP contribution in [0, 0.1) is 5.92 Å². The summed E-state index contributed by atoms with van der Waals surface area (Å²) in [4.78, 5) is 25.5. The van der Waals surface area contributed by atoms with Crippen molar-refractivity contribution in [3.05, 3.63) is 0 Å². The molecule has 1 atom stereocenters. The van der Waals surface area contributed by atoms with Crippen molar-refractivity contribution < 1.29 is 18.0 Å². The number of carbonyl (C=O) groups is 2. The Balaban J connectivity index is 1.81. The zero-order valence-electron chi connectivity index (χ0n) is 12.5. The van der Waals surface area contributed by atoms with Crippen LogP contribution in [0.25, 0.3) is 0 Å². The van der Waals surface area contributed by atoms with Crippen LogP contribution in [0.5, 0.6) is 0 Å². The molecule has 2 heterocycles. The first-order valence-corrected chi connectivity index (χ1v) is 9.19. The minimum absolute atomic E-state index is 0.00118. The number of hydrogen-bond donors (Lipinski definition) is 1. The Morgan fingerprint density at radius 2 is 1.95 bits per heavy atom. The SMILES string of the molecule is CCN1C[C@H](C(=O)NC2CCN(S(C)(=O)=O)CC2)CC1=O. The van der Waals surface area contributed by atoms with E-state index in [4.69, 9.17) is 0 Å². The number of sulfonamides is 1. The topological polar surface area (TPSA) is 86.8 Å². The van der Waals surface area contributed by atoms with E-state index in [1.165, 1.54) is 10.6 Å². The van der Waals surface area contributed by atoms with Gasteiger partial charge in [0.1, 0.15) is 0 Å². The molecule has 0 saturated carbocycles. The molecular formula is C13H23N3O4S. The minimum atomic E-state index is -3.14. The lowest BCUT2D eigenvalue weighted by atomic mass is 10.0. The van der Waals surface area contributed by atoms with E-state index in [9.17, 15) is 18.0 Å². The maximum Gasteiger partial charge on any atom is 0.225 e. The molecular weight excluding hydrogens is 294 g/mol. The highest BCUT2D eigenvalue weighted by Crippen LogP contribution is 2.19. The predicted octanol–water partition coefficient (Wildman–Crippen LogP) is -0.605. The van der Waals surface area contributed by atoms with Crippen molar-refractivity contribution in [2.24, 2.45) is 5.92 Å². The van der Waals surface area contributed by atoms with E-state index in [0.29, 0.717) is 39.0 Å². The summed E-state index contributed by atoms with van der Waals surface area (Å²) < 4.78 is 24.3. The molecule has 0 aromatic heterocycles. The molecule has 2 aliphatic rings. The Morgan fingerprint density at radius 3 is 2.43 bits per heavy atom. The molecule has 2 rings (SSSR count). The molecule has 120 valence electrons. The second-order valence-corrected chi connectivity index (χ2v) is 7.76. The summed E-state index contributed by atoms with van der Waals surface area (Å²) in [5.74, 6) is -0.327. The number of hydrogen-bond acceptors (Lipinski definition) is 4. The van der Waals surface area contributed by atoms with Crippen LogP contribution in [0.4, 0.5) is 0 Å². The van der Waals surface area contributed by atoms with Crippen molar-refractivity contribution in [1.82, 2.24) is 14.5 Å². The van der Waals surface area contributed by atoms with Crippen molar-refractivity contribution in [2.45, 2.75) is 32.2 Å². The highest BCUT2D eigenvalue weighted by Gasteiger charge is 2.35. The standard InChI is InChI=1S/C13H23N3O4S/c1-3-15-9-10(8-12(15)17)13(18)14-11-4-6-16(7-5-11)21(2,19)20/h10-11H,3-9H2,1-2H3,(H,14,18)/t10-/m1/s1. The van der Waals surface area contributed by atoms with Gasteiger partial charge in [0.2, 0.25) is 21.8 Å².